The summed E-state index contributed by atoms with van der Waals surface area (Å²) in [6, 6.07) is 13.0. The molecule has 2 heterocycles. The Bertz CT molecular complexity index is 1240. The van der Waals surface area contributed by atoms with Crippen molar-refractivity contribution >= 4 is 33.5 Å². The molecule has 0 bridgehead atoms. The fourth-order valence-electron chi connectivity index (χ4n) is 3.10. The predicted octanol–water partition coefficient (Wildman–Crippen LogP) is 4.06. The van der Waals surface area contributed by atoms with Crippen molar-refractivity contribution in [3.05, 3.63) is 64.0 Å². The zero-order valence-electron chi connectivity index (χ0n) is 16.0. The number of carbonyl (C=O) groups excluding carboxylic acids is 1. The van der Waals surface area contributed by atoms with Gasteiger partial charge in [0.15, 0.2) is 10.7 Å². The van der Waals surface area contributed by atoms with Crippen LogP contribution in [0.15, 0.2) is 57.1 Å². The number of ether oxygens (including phenoxy) is 1. The molecule has 29 heavy (non-hydrogen) atoms. The summed E-state index contributed by atoms with van der Waals surface area (Å²) in [5.41, 5.74) is 3.89. The first-order valence-corrected chi connectivity index (χ1v) is 9.92. The molecule has 148 valence electrons. The van der Waals surface area contributed by atoms with E-state index in [1.54, 1.807) is 25.3 Å². The van der Waals surface area contributed by atoms with Crippen LogP contribution in [0, 0.1) is 6.92 Å². The molecule has 0 atom stereocenters. The van der Waals surface area contributed by atoms with E-state index in [0.717, 1.165) is 22.6 Å². The molecule has 0 saturated carbocycles. The van der Waals surface area contributed by atoms with Gasteiger partial charge in [0.05, 0.1) is 18.3 Å². The number of rotatable bonds is 6. The number of oxazole rings is 1. The quantitative estimate of drug-likeness (QED) is 0.519. The highest BCUT2D eigenvalue weighted by Crippen LogP contribution is 2.33. The first-order chi connectivity index (χ1) is 14.0. The van der Waals surface area contributed by atoms with Gasteiger partial charge in [-0.3, -0.25) is 9.36 Å². The van der Waals surface area contributed by atoms with Crippen molar-refractivity contribution < 1.29 is 13.9 Å². The Morgan fingerprint density at radius 2 is 2.10 bits per heavy atom. The second-order valence-electron chi connectivity index (χ2n) is 6.53. The summed E-state index contributed by atoms with van der Waals surface area (Å²) in [7, 11) is 1.62. The lowest BCUT2D eigenvalue weighted by atomic mass is 10.1. The van der Waals surface area contributed by atoms with Crippen molar-refractivity contribution in [3.63, 3.8) is 0 Å². The predicted molar refractivity (Wildman–Crippen MR) is 113 cm³/mol. The Kier molecular flexibility index (Phi) is 5.18. The van der Waals surface area contributed by atoms with Crippen molar-refractivity contribution in [2.24, 2.45) is 0 Å². The average molecular weight is 409 g/mol. The van der Waals surface area contributed by atoms with Crippen LogP contribution in [0.3, 0.4) is 0 Å². The molecule has 0 saturated heterocycles. The molecule has 0 aliphatic heterocycles. The van der Waals surface area contributed by atoms with Gasteiger partial charge in [0.25, 0.3) is 0 Å². The van der Waals surface area contributed by atoms with Gasteiger partial charge < -0.3 is 14.5 Å². The molecule has 7 nitrogen and oxygen atoms in total. The van der Waals surface area contributed by atoms with Crippen molar-refractivity contribution in [1.29, 1.82) is 0 Å². The molecule has 8 heteroatoms. The van der Waals surface area contributed by atoms with Crippen LogP contribution in [0.2, 0.25) is 0 Å². The van der Waals surface area contributed by atoms with Crippen molar-refractivity contribution in [1.82, 2.24) is 9.55 Å². The third-order valence-corrected chi connectivity index (χ3v) is 5.28. The number of aromatic nitrogens is 2. The summed E-state index contributed by atoms with van der Waals surface area (Å²) in [4.78, 5) is 28.9. The zero-order valence-corrected chi connectivity index (χ0v) is 16.8. The van der Waals surface area contributed by atoms with Gasteiger partial charge in [-0.1, -0.05) is 23.8 Å². The summed E-state index contributed by atoms with van der Waals surface area (Å²) in [5, 5.41) is 5.17. The second-order valence-corrected chi connectivity index (χ2v) is 7.39. The minimum absolute atomic E-state index is 0.131. The van der Waals surface area contributed by atoms with E-state index in [1.807, 2.05) is 36.6 Å². The molecule has 0 aliphatic carbocycles. The van der Waals surface area contributed by atoms with Crippen LogP contribution in [-0.4, -0.2) is 22.6 Å². The number of benzene rings is 2. The number of anilines is 1. The first-order valence-electron chi connectivity index (χ1n) is 9.04. The Morgan fingerprint density at radius 3 is 2.93 bits per heavy atom. The van der Waals surface area contributed by atoms with Gasteiger partial charge in [0.2, 0.25) is 5.91 Å². The Labute approximate surface area is 170 Å². The molecule has 2 aromatic carbocycles. The van der Waals surface area contributed by atoms with Gasteiger partial charge in [-0.2, -0.15) is 0 Å². The molecule has 4 aromatic rings. The van der Waals surface area contributed by atoms with E-state index in [9.17, 15) is 9.59 Å². The van der Waals surface area contributed by atoms with Crippen LogP contribution < -0.4 is 15.8 Å². The summed E-state index contributed by atoms with van der Waals surface area (Å²) >= 11 is 1.34. The van der Waals surface area contributed by atoms with Crippen molar-refractivity contribution in [2.75, 3.05) is 12.4 Å². The third kappa shape index (κ3) is 3.93. The molecule has 0 spiro atoms. The topological polar surface area (TPSA) is 86.4 Å². The average Bonchev–Trinajstić information content (AvgIpc) is 3.30. The molecule has 1 amide bonds. The SMILES string of the molecule is COc1ccc(C)cc1-c1csc(NC(=O)CCn2c(=O)oc3ccccc32)n1. The molecule has 0 radical (unpaired) electrons. The minimum Gasteiger partial charge on any atom is -0.496 e. The van der Waals surface area contributed by atoms with E-state index in [-0.39, 0.29) is 18.9 Å². The smallest absolute Gasteiger partial charge is 0.419 e. The van der Waals surface area contributed by atoms with Gasteiger partial charge in [0.1, 0.15) is 5.75 Å². The molecular formula is C21H19N3O4S. The van der Waals surface area contributed by atoms with E-state index >= 15 is 0 Å². The van der Waals surface area contributed by atoms with Gasteiger partial charge >= 0.3 is 5.76 Å². The normalized spacial score (nSPS) is 11.0. The van der Waals surface area contributed by atoms with Gasteiger partial charge in [-0.15, -0.1) is 11.3 Å². The number of nitrogens with one attached hydrogen (secondary N) is 1. The third-order valence-electron chi connectivity index (χ3n) is 4.52. The Morgan fingerprint density at radius 1 is 1.28 bits per heavy atom. The van der Waals surface area contributed by atoms with Crippen LogP contribution in [0.1, 0.15) is 12.0 Å². The Balaban J connectivity index is 1.45. The number of thiazole rings is 1. The van der Waals surface area contributed by atoms with E-state index in [4.69, 9.17) is 9.15 Å². The monoisotopic (exact) mass is 409 g/mol. The highest BCUT2D eigenvalue weighted by atomic mass is 32.1. The fraction of sp³-hybridized carbons (Fsp3) is 0.190. The molecule has 1 N–H and O–H groups in total. The number of hydrogen-bond acceptors (Lipinski definition) is 6. The first kappa shape index (κ1) is 18.9. The maximum absolute atomic E-state index is 12.4. The number of aryl methyl sites for hydroxylation is 2. The van der Waals surface area contributed by atoms with Crippen LogP contribution in [0.4, 0.5) is 5.13 Å². The minimum atomic E-state index is -0.470. The maximum Gasteiger partial charge on any atom is 0.419 e. The van der Waals surface area contributed by atoms with Gasteiger partial charge in [-0.05, 0) is 31.2 Å². The van der Waals surface area contributed by atoms with Gasteiger partial charge in [-0.25, -0.2) is 9.78 Å². The number of nitrogens with zero attached hydrogens (tertiary/aromatic N) is 2. The highest BCUT2D eigenvalue weighted by molar-refractivity contribution is 7.14. The largest absolute Gasteiger partial charge is 0.496 e. The lowest BCUT2D eigenvalue weighted by Gasteiger charge is -2.07. The van der Waals surface area contributed by atoms with Crippen LogP contribution >= 0.6 is 11.3 Å². The summed E-state index contributed by atoms with van der Waals surface area (Å²) in [5.74, 6) is 0.0337. The van der Waals surface area contributed by atoms with Crippen LogP contribution in [0.5, 0.6) is 5.75 Å². The zero-order chi connectivity index (χ0) is 20.4. The number of para-hydroxylation sites is 2. The van der Waals surface area contributed by atoms with Crippen LogP contribution in [-0.2, 0) is 11.3 Å². The van der Waals surface area contributed by atoms with E-state index < -0.39 is 5.76 Å². The Hall–Kier alpha value is -3.39. The molecule has 0 unspecified atom stereocenters. The number of hydrogen-bond donors (Lipinski definition) is 1. The standard InChI is InChI=1S/C21H19N3O4S/c1-13-7-8-17(27-2)14(11-13)15-12-29-20(22-15)23-19(25)9-10-24-16-5-3-4-6-18(16)28-21(24)26/h3-8,11-12H,9-10H2,1-2H3,(H,22,23,25). The number of methoxy groups -OCH3 is 1. The lowest BCUT2D eigenvalue weighted by Crippen LogP contribution is -2.19. The molecule has 2 aromatic heterocycles. The second kappa shape index (κ2) is 7.92. The fourth-order valence-corrected chi connectivity index (χ4v) is 3.82. The van der Waals surface area contributed by atoms with E-state index in [0.29, 0.717) is 16.2 Å². The summed E-state index contributed by atoms with van der Waals surface area (Å²) in [6.45, 7) is 2.23. The molecular weight excluding hydrogens is 390 g/mol. The molecule has 0 aliphatic rings. The van der Waals surface area contributed by atoms with Crippen molar-refractivity contribution in [3.8, 4) is 17.0 Å². The molecule has 0 fully saturated rings. The number of fused-ring (bicyclic) bond motifs is 1. The number of amides is 1. The lowest BCUT2D eigenvalue weighted by molar-refractivity contribution is -0.116. The molecule has 4 rings (SSSR count). The van der Waals surface area contributed by atoms with Gasteiger partial charge in [0, 0.05) is 23.9 Å². The summed E-state index contributed by atoms with van der Waals surface area (Å²) in [6.07, 6.45) is 0.131. The van der Waals surface area contributed by atoms with Crippen LogP contribution in [0.25, 0.3) is 22.4 Å². The summed E-state index contributed by atoms with van der Waals surface area (Å²) < 4.78 is 12.1. The van der Waals surface area contributed by atoms with E-state index in [1.165, 1.54) is 15.9 Å². The van der Waals surface area contributed by atoms with E-state index in [2.05, 4.69) is 10.3 Å². The number of carbonyl (C=O) groups is 1. The van der Waals surface area contributed by atoms with Crippen molar-refractivity contribution in [2.45, 2.75) is 19.9 Å². The highest BCUT2D eigenvalue weighted by Gasteiger charge is 2.14. The maximum atomic E-state index is 12.4.